The molecule has 0 unspecified atom stereocenters. The minimum absolute atomic E-state index is 0.648. The van der Waals surface area contributed by atoms with Crippen LogP contribution in [0.1, 0.15) is 5.56 Å². The highest BCUT2D eigenvalue weighted by molar-refractivity contribution is 6.41. The van der Waals surface area contributed by atoms with Crippen molar-refractivity contribution in [2.24, 2.45) is 5.73 Å². The van der Waals surface area contributed by atoms with Gasteiger partial charge in [-0.25, -0.2) is 0 Å². The number of fused-ring (bicyclic) bond motifs is 2. The van der Waals surface area contributed by atoms with Crippen LogP contribution >= 0.6 is 11.6 Å². The predicted octanol–water partition coefficient (Wildman–Crippen LogP) is 4.15. The van der Waals surface area contributed by atoms with Crippen LogP contribution in [0.4, 0.5) is 0 Å². The van der Waals surface area contributed by atoms with Gasteiger partial charge in [0.05, 0.1) is 5.02 Å². The molecule has 0 spiro atoms. The van der Waals surface area contributed by atoms with Crippen LogP contribution in [-0.4, -0.2) is 6.54 Å². The first-order valence-corrected chi connectivity index (χ1v) is 6.48. The zero-order valence-corrected chi connectivity index (χ0v) is 10.7. The van der Waals surface area contributed by atoms with Crippen LogP contribution in [-0.2, 0) is 6.42 Å². The van der Waals surface area contributed by atoms with Crippen molar-refractivity contribution in [2.45, 2.75) is 6.42 Å². The van der Waals surface area contributed by atoms with E-state index in [-0.39, 0.29) is 0 Å². The van der Waals surface area contributed by atoms with Gasteiger partial charge in [0.2, 0.25) is 0 Å². The normalized spacial score (nSPS) is 11.2. The topological polar surface area (TPSA) is 26.0 Å². The summed E-state index contributed by atoms with van der Waals surface area (Å²) < 4.78 is 0. The molecule has 0 atom stereocenters. The Kier molecular flexibility index (Phi) is 2.94. The van der Waals surface area contributed by atoms with Crippen molar-refractivity contribution in [1.29, 1.82) is 0 Å². The maximum absolute atomic E-state index is 6.52. The van der Waals surface area contributed by atoms with Gasteiger partial charge in [0.15, 0.2) is 0 Å². The Balaban J connectivity index is 2.54. The van der Waals surface area contributed by atoms with Crippen molar-refractivity contribution < 1.29 is 0 Å². The van der Waals surface area contributed by atoms with E-state index >= 15 is 0 Å². The Bertz CT molecular complexity index is 662. The van der Waals surface area contributed by atoms with Crippen LogP contribution in [0.2, 0.25) is 5.02 Å². The summed E-state index contributed by atoms with van der Waals surface area (Å²) in [6.45, 7) is 0.648. The van der Waals surface area contributed by atoms with Gasteiger partial charge < -0.3 is 5.73 Å². The zero-order valence-electron chi connectivity index (χ0n) is 9.99. The highest BCUT2D eigenvalue weighted by Crippen LogP contribution is 2.35. The average molecular weight is 256 g/mol. The third kappa shape index (κ3) is 1.67. The summed E-state index contributed by atoms with van der Waals surface area (Å²) >= 11 is 6.52. The molecule has 3 aromatic carbocycles. The van der Waals surface area contributed by atoms with Crippen molar-refractivity contribution in [1.82, 2.24) is 0 Å². The van der Waals surface area contributed by atoms with E-state index in [0.717, 1.165) is 22.2 Å². The van der Waals surface area contributed by atoms with Crippen molar-refractivity contribution >= 4 is 33.1 Å². The van der Waals surface area contributed by atoms with Crippen LogP contribution in [0.5, 0.6) is 0 Å². The van der Waals surface area contributed by atoms with E-state index in [0.29, 0.717) is 6.54 Å². The van der Waals surface area contributed by atoms with E-state index in [1.807, 2.05) is 24.3 Å². The fourth-order valence-electron chi connectivity index (χ4n) is 2.58. The fourth-order valence-corrected chi connectivity index (χ4v) is 2.91. The molecular formula is C16H14ClN. The minimum Gasteiger partial charge on any atom is -0.330 e. The summed E-state index contributed by atoms with van der Waals surface area (Å²) in [6, 6.07) is 16.5. The highest BCUT2D eigenvalue weighted by atomic mass is 35.5. The highest BCUT2D eigenvalue weighted by Gasteiger charge is 2.10. The van der Waals surface area contributed by atoms with Gasteiger partial charge in [-0.3, -0.25) is 0 Å². The second kappa shape index (κ2) is 4.60. The van der Waals surface area contributed by atoms with Gasteiger partial charge in [0, 0.05) is 10.8 Å². The van der Waals surface area contributed by atoms with E-state index in [1.165, 1.54) is 16.3 Å². The lowest BCUT2D eigenvalue weighted by Gasteiger charge is -2.12. The van der Waals surface area contributed by atoms with Crippen molar-refractivity contribution in [3.05, 3.63) is 59.1 Å². The molecule has 0 amide bonds. The molecule has 90 valence electrons. The Morgan fingerprint density at radius 2 is 1.22 bits per heavy atom. The molecule has 0 fully saturated rings. The molecule has 0 radical (unpaired) electrons. The first-order valence-electron chi connectivity index (χ1n) is 6.11. The fraction of sp³-hybridized carbons (Fsp3) is 0.125. The Hall–Kier alpha value is -1.57. The molecule has 0 aliphatic carbocycles. The second-order valence-electron chi connectivity index (χ2n) is 4.42. The van der Waals surface area contributed by atoms with Crippen molar-refractivity contribution in [2.75, 3.05) is 6.54 Å². The van der Waals surface area contributed by atoms with Crippen LogP contribution in [0.3, 0.4) is 0 Å². The monoisotopic (exact) mass is 255 g/mol. The largest absolute Gasteiger partial charge is 0.330 e. The molecule has 18 heavy (non-hydrogen) atoms. The standard InChI is InChI=1S/C16H14ClN/c17-16-14-7-3-1-5-11(14)13(9-10-18)12-6-2-4-8-15(12)16/h1-8H,9-10,18H2. The Morgan fingerprint density at radius 3 is 1.67 bits per heavy atom. The molecule has 0 aliphatic rings. The lowest BCUT2D eigenvalue weighted by atomic mass is 9.95. The van der Waals surface area contributed by atoms with E-state index in [2.05, 4.69) is 24.3 Å². The van der Waals surface area contributed by atoms with Crippen molar-refractivity contribution in [3.63, 3.8) is 0 Å². The van der Waals surface area contributed by atoms with Crippen LogP contribution in [0.25, 0.3) is 21.5 Å². The van der Waals surface area contributed by atoms with Gasteiger partial charge in [-0.2, -0.15) is 0 Å². The number of halogens is 1. The summed E-state index contributed by atoms with van der Waals surface area (Å²) in [5, 5.41) is 5.49. The zero-order chi connectivity index (χ0) is 12.5. The molecule has 0 saturated carbocycles. The summed E-state index contributed by atoms with van der Waals surface area (Å²) in [4.78, 5) is 0. The Labute approximate surface area is 111 Å². The minimum atomic E-state index is 0.648. The molecule has 0 saturated heterocycles. The average Bonchev–Trinajstić information content (AvgIpc) is 2.43. The molecule has 0 aliphatic heterocycles. The van der Waals surface area contributed by atoms with Crippen LogP contribution in [0, 0.1) is 0 Å². The molecule has 0 aromatic heterocycles. The first kappa shape index (κ1) is 11.5. The SMILES string of the molecule is NCCc1c2ccccc2c(Cl)c2ccccc12. The molecule has 0 bridgehead atoms. The Morgan fingerprint density at radius 1 is 0.778 bits per heavy atom. The maximum Gasteiger partial charge on any atom is 0.0562 e. The predicted molar refractivity (Wildman–Crippen MR) is 79.2 cm³/mol. The maximum atomic E-state index is 6.52. The summed E-state index contributed by atoms with van der Waals surface area (Å²) in [5.41, 5.74) is 7.05. The molecule has 3 aromatic rings. The lowest BCUT2D eigenvalue weighted by molar-refractivity contribution is 0.985. The molecule has 0 heterocycles. The molecular weight excluding hydrogens is 242 g/mol. The third-order valence-electron chi connectivity index (χ3n) is 3.37. The number of benzene rings is 3. The van der Waals surface area contributed by atoms with E-state index < -0.39 is 0 Å². The smallest absolute Gasteiger partial charge is 0.0562 e. The quantitative estimate of drug-likeness (QED) is 0.684. The van der Waals surface area contributed by atoms with E-state index in [1.54, 1.807) is 0 Å². The number of hydrogen-bond donors (Lipinski definition) is 1. The molecule has 3 rings (SSSR count). The number of nitrogens with two attached hydrogens (primary N) is 1. The third-order valence-corrected chi connectivity index (χ3v) is 3.78. The molecule has 2 heteroatoms. The van der Waals surface area contributed by atoms with Gasteiger partial charge in [-0.15, -0.1) is 0 Å². The van der Waals surface area contributed by atoms with Gasteiger partial charge in [0.1, 0.15) is 0 Å². The van der Waals surface area contributed by atoms with Gasteiger partial charge in [-0.05, 0) is 29.3 Å². The van der Waals surface area contributed by atoms with Gasteiger partial charge in [0.25, 0.3) is 0 Å². The van der Waals surface area contributed by atoms with Gasteiger partial charge >= 0.3 is 0 Å². The van der Waals surface area contributed by atoms with E-state index in [4.69, 9.17) is 17.3 Å². The molecule has 2 N–H and O–H groups in total. The first-order chi connectivity index (χ1) is 8.83. The molecule has 1 nitrogen and oxygen atoms in total. The van der Waals surface area contributed by atoms with Crippen LogP contribution in [0.15, 0.2) is 48.5 Å². The van der Waals surface area contributed by atoms with Gasteiger partial charge in [-0.1, -0.05) is 60.1 Å². The van der Waals surface area contributed by atoms with E-state index in [9.17, 15) is 0 Å². The summed E-state index contributed by atoms with van der Waals surface area (Å²) in [7, 11) is 0. The number of hydrogen-bond acceptors (Lipinski definition) is 1. The lowest BCUT2D eigenvalue weighted by Crippen LogP contribution is -2.04. The van der Waals surface area contributed by atoms with Crippen molar-refractivity contribution in [3.8, 4) is 0 Å². The van der Waals surface area contributed by atoms with Crippen LogP contribution < -0.4 is 5.73 Å². The summed E-state index contributed by atoms with van der Waals surface area (Å²) in [5.74, 6) is 0. The second-order valence-corrected chi connectivity index (χ2v) is 4.80. The number of rotatable bonds is 2. The summed E-state index contributed by atoms with van der Waals surface area (Å²) in [6.07, 6.45) is 0.873.